The van der Waals surface area contributed by atoms with Crippen LogP contribution in [0.2, 0.25) is 0 Å². The Kier molecular flexibility index (Phi) is 5.45. The molecule has 2 aliphatic rings. The zero-order chi connectivity index (χ0) is 12.1. The molecule has 0 aromatic carbocycles. The summed E-state index contributed by atoms with van der Waals surface area (Å²) in [5.41, 5.74) is 0. The predicted molar refractivity (Wildman–Crippen MR) is 71.7 cm³/mol. The Morgan fingerprint density at radius 2 is 2.06 bits per heavy atom. The van der Waals surface area contributed by atoms with Crippen molar-refractivity contribution < 1.29 is 8.95 Å². The van der Waals surface area contributed by atoms with Gasteiger partial charge in [-0.1, -0.05) is 19.3 Å². The van der Waals surface area contributed by atoms with Crippen LogP contribution in [0.25, 0.3) is 0 Å². The van der Waals surface area contributed by atoms with Gasteiger partial charge in [-0.2, -0.15) is 0 Å². The van der Waals surface area contributed by atoms with Gasteiger partial charge in [0, 0.05) is 40.4 Å². The molecule has 4 heteroatoms. The van der Waals surface area contributed by atoms with E-state index in [1.807, 2.05) is 7.05 Å². The van der Waals surface area contributed by atoms with Crippen LogP contribution in [0.1, 0.15) is 38.5 Å². The second kappa shape index (κ2) is 6.86. The molecule has 3 atom stereocenters. The highest BCUT2D eigenvalue weighted by Gasteiger charge is 2.28. The van der Waals surface area contributed by atoms with Crippen molar-refractivity contribution in [1.29, 1.82) is 0 Å². The van der Waals surface area contributed by atoms with Crippen LogP contribution in [0.15, 0.2) is 0 Å². The van der Waals surface area contributed by atoms with E-state index >= 15 is 0 Å². The van der Waals surface area contributed by atoms with Crippen LogP contribution in [0, 0.1) is 5.92 Å². The van der Waals surface area contributed by atoms with Gasteiger partial charge in [0.15, 0.2) is 0 Å². The van der Waals surface area contributed by atoms with Gasteiger partial charge in [0.05, 0.1) is 6.61 Å². The van der Waals surface area contributed by atoms with Crippen molar-refractivity contribution in [2.24, 2.45) is 5.92 Å². The molecule has 0 amide bonds. The molecular weight excluding hydrogens is 234 g/mol. The number of hydrogen-bond acceptors (Lipinski definition) is 3. The number of nitrogens with one attached hydrogen (secondary N) is 1. The number of hydrogen-bond donors (Lipinski definition) is 1. The van der Waals surface area contributed by atoms with Crippen LogP contribution in [0.3, 0.4) is 0 Å². The van der Waals surface area contributed by atoms with Crippen LogP contribution in [-0.4, -0.2) is 41.5 Å². The third kappa shape index (κ3) is 3.76. The molecule has 0 aromatic rings. The standard InChI is InChI=1S/C13H25NO2S/c1-14-13(11-7-8-16-9-11)10-17(15)12-5-3-2-4-6-12/h11-14H,2-10H2,1H3. The van der Waals surface area contributed by atoms with Gasteiger partial charge in [-0.15, -0.1) is 0 Å². The molecule has 1 N–H and O–H groups in total. The molecule has 100 valence electrons. The Bertz CT molecular complexity index is 248. The van der Waals surface area contributed by atoms with Crippen LogP contribution < -0.4 is 5.32 Å². The maximum Gasteiger partial charge on any atom is 0.0510 e. The van der Waals surface area contributed by atoms with Gasteiger partial charge in [-0.05, 0) is 26.3 Å². The fourth-order valence-electron chi connectivity index (χ4n) is 2.97. The highest BCUT2D eigenvalue weighted by Crippen LogP contribution is 2.24. The van der Waals surface area contributed by atoms with Crippen molar-refractivity contribution in [2.45, 2.75) is 49.8 Å². The average molecular weight is 259 g/mol. The zero-order valence-corrected chi connectivity index (χ0v) is 11.6. The lowest BCUT2D eigenvalue weighted by Gasteiger charge is -2.26. The minimum absolute atomic E-state index is 0.375. The Morgan fingerprint density at radius 3 is 2.65 bits per heavy atom. The van der Waals surface area contributed by atoms with Crippen molar-refractivity contribution in [3.63, 3.8) is 0 Å². The van der Waals surface area contributed by atoms with E-state index in [2.05, 4.69) is 5.32 Å². The second-order valence-corrected chi connectivity index (χ2v) is 7.09. The SMILES string of the molecule is CNC(CS(=O)C1CCCCC1)C1CCOC1. The first-order chi connectivity index (χ1) is 8.31. The molecule has 2 rings (SSSR count). The Labute approximate surface area is 107 Å². The normalized spacial score (nSPS) is 30.3. The molecule has 2 fully saturated rings. The molecule has 1 saturated heterocycles. The molecule has 1 saturated carbocycles. The van der Waals surface area contributed by atoms with E-state index in [-0.39, 0.29) is 0 Å². The average Bonchev–Trinajstić information content (AvgIpc) is 2.90. The van der Waals surface area contributed by atoms with E-state index in [0.717, 1.165) is 25.4 Å². The Hall–Kier alpha value is 0.0700. The molecule has 3 unspecified atom stereocenters. The van der Waals surface area contributed by atoms with Crippen LogP contribution in [-0.2, 0) is 15.5 Å². The lowest BCUT2D eigenvalue weighted by atomic mass is 10.0. The van der Waals surface area contributed by atoms with E-state index in [1.54, 1.807) is 0 Å². The van der Waals surface area contributed by atoms with Crippen molar-refractivity contribution in [1.82, 2.24) is 5.32 Å². The summed E-state index contributed by atoms with van der Waals surface area (Å²) < 4.78 is 17.8. The summed E-state index contributed by atoms with van der Waals surface area (Å²) >= 11 is 0. The first-order valence-corrected chi connectivity index (χ1v) is 8.31. The van der Waals surface area contributed by atoms with E-state index in [0.29, 0.717) is 17.2 Å². The minimum Gasteiger partial charge on any atom is -0.381 e. The van der Waals surface area contributed by atoms with Crippen molar-refractivity contribution in [3.05, 3.63) is 0 Å². The monoisotopic (exact) mass is 259 g/mol. The summed E-state index contributed by atoms with van der Waals surface area (Å²) in [4.78, 5) is 0. The van der Waals surface area contributed by atoms with Crippen LogP contribution in [0.4, 0.5) is 0 Å². The highest BCUT2D eigenvalue weighted by molar-refractivity contribution is 7.85. The van der Waals surface area contributed by atoms with Crippen LogP contribution in [0.5, 0.6) is 0 Å². The quantitative estimate of drug-likeness (QED) is 0.816. The highest BCUT2D eigenvalue weighted by atomic mass is 32.2. The summed E-state index contributed by atoms with van der Waals surface area (Å²) in [5, 5.41) is 3.80. The molecule has 1 heterocycles. The molecule has 0 aromatic heterocycles. The van der Waals surface area contributed by atoms with Gasteiger partial charge >= 0.3 is 0 Å². The molecule has 1 aliphatic heterocycles. The van der Waals surface area contributed by atoms with Crippen molar-refractivity contribution >= 4 is 10.8 Å². The molecular formula is C13H25NO2S. The molecule has 0 spiro atoms. The molecule has 3 nitrogen and oxygen atoms in total. The summed E-state index contributed by atoms with van der Waals surface area (Å²) in [6, 6.07) is 0.375. The van der Waals surface area contributed by atoms with Crippen LogP contribution >= 0.6 is 0 Å². The summed E-state index contributed by atoms with van der Waals surface area (Å²) in [7, 11) is 1.34. The maximum absolute atomic E-state index is 12.4. The third-order valence-electron chi connectivity index (χ3n) is 4.17. The van der Waals surface area contributed by atoms with Gasteiger partial charge < -0.3 is 10.1 Å². The van der Waals surface area contributed by atoms with Gasteiger partial charge in [0.1, 0.15) is 0 Å². The van der Waals surface area contributed by atoms with Crippen molar-refractivity contribution in [2.75, 3.05) is 26.0 Å². The molecule has 0 bridgehead atoms. The van der Waals surface area contributed by atoms with E-state index in [4.69, 9.17) is 4.74 Å². The van der Waals surface area contributed by atoms with Gasteiger partial charge in [-0.3, -0.25) is 4.21 Å². The molecule has 17 heavy (non-hydrogen) atoms. The first-order valence-electron chi connectivity index (χ1n) is 6.93. The summed E-state index contributed by atoms with van der Waals surface area (Å²) in [6.07, 6.45) is 7.34. The fourth-order valence-corrected chi connectivity index (χ4v) is 4.89. The summed E-state index contributed by atoms with van der Waals surface area (Å²) in [5.74, 6) is 1.38. The number of rotatable bonds is 5. The fraction of sp³-hybridized carbons (Fsp3) is 1.00. The lowest BCUT2D eigenvalue weighted by Crippen LogP contribution is -2.40. The van der Waals surface area contributed by atoms with Gasteiger partial charge in [0.2, 0.25) is 0 Å². The predicted octanol–water partition coefficient (Wildman–Crippen LogP) is 1.69. The molecule has 0 radical (unpaired) electrons. The topological polar surface area (TPSA) is 38.3 Å². The Morgan fingerprint density at radius 1 is 1.29 bits per heavy atom. The maximum atomic E-state index is 12.4. The lowest BCUT2D eigenvalue weighted by molar-refractivity contribution is 0.179. The molecule has 1 aliphatic carbocycles. The zero-order valence-electron chi connectivity index (χ0n) is 10.8. The van der Waals surface area contributed by atoms with E-state index in [1.165, 1.54) is 32.1 Å². The largest absolute Gasteiger partial charge is 0.381 e. The third-order valence-corrected chi connectivity index (χ3v) is 6.08. The Balaban J connectivity index is 1.82. The number of ether oxygens (including phenoxy) is 1. The smallest absolute Gasteiger partial charge is 0.0510 e. The van der Waals surface area contributed by atoms with E-state index < -0.39 is 10.8 Å². The van der Waals surface area contributed by atoms with Crippen molar-refractivity contribution in [3.8, 4) is 0 Å². The van der Waals surface area contributed by atoms with E-state index in [9.17, 15) is 4.21 Å². The minimum atomic E-state index is -0.650. The van der Waals surface area contributed by atoms with Gasteiger partial charge in [-0.25, -0.2) is 0 Å². The first kappa shape index (κ1) is 13.5. The summed E-state index contributed by atoms with van der Waals surface area (Å²) in [6.45, 7) is 1.71. The second-order valence-electron chi connectivity index (χ2n) is 5.33. The van der Waals surface area contributed by atoms with Gasteiger partial charge in [0.25, 0.3) is 0 Å².